The smallest absolute Gasteiger partial charge is 0.320 e. The zero-order valence-corrected chi connectivity index (χ0v) is 24.2. The standard InChI is InChI=1S/C30H34ClN3O6S/c31-26-11-10-22(41(37,38)34-15-4-3-6-27(32)29(35)36)17-20(26)19-39-30(13-14-30)25-18-33-16-12-23(25)24-5-1-2-7-28(24)40-21-8-9-21/h1-2,5,7,10-12,16-18,21,27,34H,3-4,6,8-9,13-15,19,32H2,(H,35,36). The Labute approximate surface area is 245 Å². The number of nitrogens with zero attached hydrogens (tertiary/aromatic N) is 1. The van der Waals surface area contributed by atoms with Crippen LogP contribution in [0, 0.1) is 0 Å². The molecule has 3 aromatic rings. The summed E-state index contributed by atoms with van der Waals surface area (Å²) in [6.45, 7) is 0.297. The number of nitrogens with one attached hydrogen (secondary N) is 1. The van der Waals surface area contributed by atoms with Crippen LogP contribution in [0.3, 0.4) is 0 Å². The van der Waals surface area contributed by atoms with Crippen LogP contribution in [0.4, 0.5) is 0 Å². The number of ether oxygens (including phenoxy) is 2. The van der Waals surface area contributed by atoms with E-state index in [1.54, 1.807) is 12.3 Å². The highest BCUT2D eigenvalue weighted by atomic mass is 35.5. The van der Waals surface area contributed by atoms with E-state index in [0.717, 1.165) is 48.1 Å². The summed E-state index contributed by atoms with van der Waals surface area (Å²) in [5.74, 6) is -0.224. The van der Waals surface area contributed by atoms with Crippen LogP contribution < -0.4 is 15.2 Å². The number of hydrogen-bond donors (Lipinski definition) is 3. The lowest BCUT2D eigenvalue weighted by molar-refractivity contribution is -0.138. The van der Waals surface area contributed by atoms with E-state index in [1.807, 2.05) is 36.5 Å². The molecule has 11 heteroatoms. The summed E-state index contributed by atoms with van der Waals surface area (Å²) < 4.78 is 41.0. The molecular weight excluding hydrogens is 566 g/mol. The van der Waals surface area contributed by atoms with Crippen LogP contribution in [0.15, 0.2) is 65.8 Å². The number of aliphatic carboxylic acids is 1. The first-order valence-electron chi connectivity index (χ1n) is 13.8. The van der Waals surface area contributed by atoms with Crippen LogP contribution >= 0.6 is 11.6 Å². The highest BCUT2D eigenvalue weighted by Crippen LogP contribution is 2.53. The molecule has 1 atom stereocenters. The molecule has 0 amide bonds. The average Bonchev–Trinajstić information content (AvgIpc) is 3.90. The fourth-order valence-electron chi connectivity index (χ4n) is 4.70. The summed E-state index contributed by atoms with van der Waals surface area (Å²) in [6.07, 6.45) is 8.85. The molecule has 4 N–H and O–H groups in total. The van der Waals surface area contributed by atoms with Gasteiger partial charge in [-0.2, -0.15) is 0 Å². The van der Waals surface area contributed by atoms with Crippen molar-refractivity contribution in [2.24, 2.45) is 5.73 Å². The second-order valence-corrected chi connectivity index (χ2v) is 12.8. The van der Waals surface area contributed by atoms with Crippen molar-refractivity contribution in [2.75, 3.05) is 6.54 Å². The molecule has 2 aliphatic carbocycles. The number of halogens is 1. The minimum Gasteiger partial charge on any atom is -0.490 e. The van der Waals surface area contributed by atoms with E-state index in [-0.39, 0.29) is 30.6 Å². The highest BCUT2D eigenvalue weighted by Gasteiger charge is 2.48. The van der Waals surface area contributed by atoms with E-state index < -0.39 is 27.6 Å². The van der Waals surface area contributed by atoms with Gasteiger partial charge in [-0.1, -0.05) is 36.2 Å². The van der Waals surface area contributed by atoms with Crippen LogP contribution in [-0.4, -0.2) is 43.2 Å². The van der Waals surface area contributed by atoms with Gasteiger partial charge in [-0.25, -0.2) is 13.1 Å². The number of carboxylic acids is 1. The zero-order valence-electron chi connectivity index (χ0n) is 22.6. The van der Waals surface area contributed by atoms with Crippen molar-refractivity contribution in [1.82, 2.24) is 9.71 Å². The van der Waals surface area contributed by atoms with E-state index in [9.17, 15) is 13.2 Å². The number of para-hydroxylation sites is 1. The Kier molecular flexibility index (Phi) is 8.96. The average molecular weight is 600 g/mol. The topological polar surface area (TPSA) is 141 Å². The number of sulfonamides is 1. The minimum atomic E-state index is -3.80. The maximum Gasteiger partial charge on any atom is 0.320 e. The molecule has 0 bridgehead atoms. The number of rotatable bonds is 15. The Balaban J connectivity index is 1.27. The first-order chi connectivity index (χ1) is 19.7. The second kappa shape index (κ2) is 12.5. The lowest BCUT2D eigenvalue weighted by atomic mass is 9.96. The van der Waals surface area contributed by atoms with Gasteiger partial charge in [-0.15, -0.1) is 0 Å². The number of carbonyl (C=O) groups is 1. The van der Waals surface area contributed by atoms with Crippen molar-refractivity contribution in [2.45, 2.75) is 74.2 Å². The third kappa shape index (κ3) is 7.25. The second-order valence-electron chi connectivity index (χ2n) is 10.6. The number of benzene rings is 2. The van der Waals surface area contributed by atoms with Crippen molar-refractivity contribution in [3.8, 4) is 16.9 Å². The summed E-state index contributed by atoms with van der Waals surface area (Å²) >= 11 is 6.46. The van der Waals surface area contributed by atoms with Crippen LogP contribution in [0.5, 0.6) is 5.75 Å². The van der Waals surface area contributed by atoms with Crippen molar-refractivity contribution in [1.29, 1.82) is 0 Å². The molecular formula is C30H34ClN3O6S. The highest BCUT2D eigenvalue weighted by molar-refractivity contribution is 7.89. The molecule has 0 aliphatic heterocycles. The Morgan fingerprint density at radius 1 is 1.15 bits per heavy atom. The molecule has 1 heterocycles. The number of pyridine rings is 1. The number of aromatic nitrogens is 1. The molecule has 0 radical (unpaired) electrons. The fourth-order valence-corrected chi connectivity index (χ4v) is 6.00. The predicted octanol–water partition coefficient (Wildman–Crippen LogP) is 5.01. The van der Waals surface area contributed by atoms with E-state index in [0.29, 0.717) is 23.4 Å². The van der Waals surface area contributed by atoms with E-state index >= 15 is 0 Å². The summed E-state index contributed by atoms with van der Waals surface area (Å²) in [5, 5.41) is 9.28. The van der Waals surface area contributed by atoms with Gasteiger partial charge in [-0.05, 0) is 80.0 Å². The van der Waals surface area contributed by atoms with Crippen molar-refractivity contribution in [3.63, 3.8) is 0 Å². The fraction of sp³-hybridized carbons (Fsp3) is 0.400. The normalized spacial score (nSPS) is 16.7. The molecule has 2 aliphatic rings. The number of carboxylic acid groups (broad SMARTS) is 1. The third-order valence-electron chi connectivity index (χ3n) is 7.39. The Bertz CT molecular complexity index is 1510. The predicted molar refractivity (Wildman–Crippen MR) is 155 cm³/mol. The molecule has 218 valence electrons. The number of nitrogens with two attached hydrogens (primary N) is 1. The molecule has 2 saturated carbocycles. The van der Waals surface area contributed by atoms with Crippen molar-refractivity contribution < 1.29 is 27.8 Å². The van der Waals surface area contributed by atoms with Crippen molar-refractivity contribution in [3.05, 3.63) is 77.1 Å². The Morgan fingerprint density at radius 2 is 1.93 bits per heavy atom. The van der Waals surface area contributed by atoms with Gasteiger partial charge >= 0.3 is 5.97 Å². The van der Waals surface area contributed by atoms with Gasteiger partial charge in [0.1, 0.15) is 11.8 Å². The molecule has 1 unspecified atom stereocenters. The quantitative estimate of drug-likeness (QED) is 0.207. The van der Waals surface area contributed by atoms with Gasteiger partial charge in [0.25, 0.3) is 0 Å². The Morgan fingerprint density at radius 3 is 2.66 bits per heavy atom. The first kappa shape index (κ1) is 29.5. The van der Waals surface area contributed by atoms with Gasteiger partial charge < -0.3 is 20.3 Å². The monoisotopic (exact) mass is 599 g/mol. The van der Waals surface area contributed by atoms with E-state index in [4.69, 9.17) is 31.9 Å². The molecule has 1 aromatic heterocycles. The summed E-state index contributed by atoms with van der Waals surface area (Å²) in [6, 6.07) is 13.6. The van der Waals surface area contributed by atoms with E-state index in [2.05, 4.69) is 9.71 Å². The molecule has 0 saturated heterocycles. The lowest BCUT2D eigenvalue weighted by Gasteiger charge is -2.22. The summed E-state index contributed by atoms with van der Waals surface area (Å²) in [4.78, 5) is 15.3. The van der Waals surface area contributed by atoms with Crippen LogP contribution in [0.2, 0.25) is 5.02 Å². The number of hydrogen-bond acceptors (Lipinski definition) is 7. The molecule has 0 spiro atoms. The molecule has 9 nitrogen and oxygen atoms in total. The van der Waals surface area contributed by atoms with Gasteiger partial charge in [0.2, 0.25) is 10.0 Å². The maximum absolute atomic E-state index is 12.9. The van der Waals surface area contributed by atoms with Gasteiger partial charge in [0.05, 0.1) is 23.2 Å². The van der Waals surface area contributed by atoms with Gasteiger partial charge in [0, 0.05) is 35.1 Å². The third-order valence-corrected chi connectivity index (χ3v) is 9.22. The lowest BCUT2D eigenvalue weighted by Crippen LogP contribution is -2.30. The van der Waals surface area contributed by atoms with Crippen LogP contribution in [-0.2, 0) is 31.8 Å². The first-order valence-corrected chi connectivity index (χ1v) is 15.7. The summed E-state index contributed by atoms with van der Waals surface area (Å²) in [7, 11) is -3.80. The zero-order chi connectivity index (χ0) is 29.0. The van der Waals surface area contributed by atoms with Gasteiger partial charge in [-0.3, -0.25) is 9.78 Å². The number of unbranched alkanes of at least 4 members (excludes halogenated alkanes) is 1. The molecule has 41 heavy (non-hydrogen) atoms. The van der Waals surface area contributed by atoms with Crippen molar-refractivity contribution >= 4 is 27.6 Å². The molecule has 5 rings (SSSR count). The molecule has 2 aromatic carbocycles. The largest absolute Gasteiger partial charge is 0.490 e. The van der Waals surface area contributed by atoms with Crippen LogP contribution in [0.25, 0.3) is 11.1 Å². The van der Waals surface area contributed by atoms with Crippen LogP contribution in [0.1, 0.15) is 56.1 Å². The van der Waals surface area contributed by atoms with Gasteiger partial charge in [0.15, 0.2) is 0 Å². The van der Waals surface area contributed by atoms with E-state index in [1.165, 1.54) is 12.1 Å². The minimum absolute atomic E-state index is 0.0841. The molecule has 2 fully saturated rings. The maximum atomic E-state index is 12.9. The Hall–Kier alpha value is -3.02. The summed E-state index contributed by atoms with van der Waals surface area (Å²) in [5.41, 5.74) is 8.48. The SMILES string of the molecule is NC(CCCCNS(=O)(=O)c1ccc(Cl)c(COC2(c3cnccc3-c3ccccc3OC3CC3)CC2)c1)C(=O)O.